The lowest BCUT2D eigenvalue weighted by Crippen LogP contribution is -2.39. The van der Waals surface area contributed by atoms with Gasteiger partial charge in [-0.15, -0.1) is 0 Å². The first-order valence-electron chi connectivity index (χ1n) is 8.51. The summed E-state index contributed by atoms with van der Waals surface area (Å²) in [7, 11) is 0. The van der Waals surface area contributed by atoms with Crippen LogP contribution in [0, 0.1) is 11.8 Å². The van der Waals surface area contributed by atoms with Gasteiger partial charge in [0.2, 0.25) is 0 Å². The minimum Gasteiger partial charge on any atom is -0.444 e. The van der Waals surface area contributed by atoms with E-state index in [1.54, 1.807) is 0 Å². The van der Waals surface area contributed by atoms with Crippen molar-refractivity contribution in [2.75, 3.05) is 32.8 Å². The van der Waals surface area contributed by atoms with E-state index in [1.807, 2.05) is 20.8 Å². The molecule has 0 saturated carbocycles. The van der Waals surface area contributed by atoms with E-state index in [-0.39, 0.29) is 6.09 Å². The third-order valence-electron chi connectivity index (χ3n) is 3.25. The number of carbonyl (C=O) groups excluding carboxylic acids is 1. The molecule has 0 saturated heterocycles. The molecule has 1 atom stereocenters. The Bertz CT molecular complexity index is 288. The van der Waals surface area contributed by atoms with E-state index >= 15 is 0 Å². The zero-order valence-corrected chi connectivity index (χ0v) is 15.3. The van der Waals surface area contributed by atoms with E-state index in [2.05, 4.69) is 31.4 Å². The minimum atomic E-state index is -0.450. The van der Waals surface area contributed by atoms with E-state index in [9.17, 15) is 4.79 Å². The summed E-state index contributed by atoms with van der Waals surface area (Å²) in [5, 5.41) is 6.31. The van der Waals surface area contributed by atoms with Crippen LogP contribution in [0.1, 0.15) is 54.4 Å². The van der Waals surface area contributed by atoms with E-state index in [1.165, 1.54) is 0 Å². The van der Waals surface area contributed by atoms with Gasteiger partial charge in [-0.3, -0.25) is 0 Å². The van der Waals surface area contributed by atoms with E-state index in [4.69, 9.17) is 9.47 Å². The first-order valence-corrected chi connectivity index (χ1v) is 8.51. The Hall–Kier alpha value is -0.810. The maximum atomic E-state index is 11.7. The van der Waals surface area contributed by atoms with Crippen LogP contribution in [0.15, 0.2) is 0 Å². The molecule has 132 valence electrons. The summed E-state index contributed by atoms with van der Waals surface area (Å²) in [6.07, 6.45) is 1.75. The average molecular weight is 316 g/mol. The fourth-order valence-electron chi connectivity index (χ4n) is 1.91. The largest absolute Gasteiger partial charge is 0.444 e. The fourth-order valence-corrected chi connectivity index (χ4v) is 1.91. The number of amides is 1. The van der Waals surface area contributed by atoms with Crippen LogP contribution in [0.5, 0.6) is 0 Å². The molecule has 5 heteroatoms. The lowest BCUT2D eigenvalue weighted by atomic mass is 9.96. The highest BCUT2D eigenvalue weighted by Gasteiger charge is 2.18. The zero-order valence-electron chi connectivity index (χ0n) is 15.3. The highest BCUT2D eigenvalue weighted by molar-refractivity contribution is 5.67. The maximum absolute atomic E-state index is 11.7. The SMILES string of the molecule is CCCOCCCNCC(CNC(=O)OC(C)(C)C)C(C)C. The van der Waals surface area contributed by atoms with Crippen molar-refractivity contribution in [2.45, 2.75) is 60.0 Å². The molecule has 0 aliphatic heterocycles. The molecule has 0 aliphatic carbocycles. The quantitative estimate of drug-likeness (QED) is 0.575. The van der Waals surface area contributed by atoms with Gasteiger partial charge >= 0.3 is 6.09 Å². The second-order valence-corrected chi connectivity index (χ2v) is 7.06. The first-order chi connectivity index (χ1) is 10.3. The Morgan fingerprint density at radius 1 is 1.14 bits per heavy atom. The van der Waals surface area contributed by atoms with E-state index < -0.39 is 5.60 Å². The van der Waals surface area contributed by atoms with Gasteiger partial charge < -0.3 is 20.1 Å². The molecule has 0 spiro atoms. The molecule has 0 radical (unpaired) electrons. The molecule has 0 aromatic heterocycles. The van der Waals surface area contributed by atoms with Crippen LogP contribution < -0.4 is 10.6 Å². The predicted octanol–water partition coefficient (Wildman–Crippen LogP) is 3.19. The molecule has 0 bridgehead atoms. The molecule has 0 aromatic rings. The summed E-state index contributed by atoms with van der Waals surface area (Å²) in [5.41, 5.74) is -0.450. The van der Waals surface area contributed by atoms with Gasteiger partial charge in [-0.2, -0.15) is 0 Å². The molecule has 0 rings (SSSR count). The number of nitrogens with one attached hydrogen (secondary N) is 2. The summed E-state index contributed by atoms with van der Waals surface area (Å²) in [5.74, 6) is 0.892. The number of carbonyl (C=O) groups is 1. The topological polar surface area (TPSA) is 59.6 Å². The third kappa shape index (κ3) is 12.9. The molecule has 1 amide bonds. The van der Waals surface area contributed by atoms with Gasteiger partial charge in [-0.05, 0) is 58.5 Å². The Kier molecular flexibility index (Phi) is 11.3. The minimum absolute atomic E-state index is 0.342. The third-order valence-corrected chi connectivity index (χ3v) is 3.25. The standard InChI is InChI=1S/C17H36N2O3/c1-7-10-21-11-8-9-18-12-15(14(2)3)13-19-16(20)22-17(4,5)6/h14-15,18H,7-13H2,1-6H3,(H,19,20). The predicted molar refractivity (Wildman–Crippen MR) is 91.2 cm³/mol. The highest BCUT2D eigenvalue weighted by Crippen LogP contribution is 2.10. The second kappa shape index (κ2) is 11.7. The Labute approximate surface area is 136 Å². The molecule has 0 heterocycles. The van der Waals surface area contributed by atoms with E-state index in [0.29, 0.717) is 18.4 Å². The van der Waals surface area contributed by atoms with Crippen LogP contribution in [-0.2, 0) is 9.47 Å². The van der Waals surface area contributed by atoms with Gasteiger partial charge in [0.05, 0.1) is 0 Å². The summed E-state index contributed by atoms with van der Waals surface area (Å²) < 4.78 is 10.7. The summed E-state index contributed by atoms with van der Waals surface area (Å²) >= 11 is 0. The van der Waals surface area contributed by atoms with Crippen molar-refractivity contribution in [3.05, 3.63) is 0 Å². The molecule has 0 aromatic carbocycles. The number of hydrogen-bond acceptors (Lipinski definition) is 4. The van der Waals surface area contributed by atoms with Crippen molar-refractivity contribution < 1.29 is 14.3 Å². The maximum Gasteiger partial charge on any atom is 0.407 e. The number of rotatable bonds is 11. The Morgan fingerprint density at radius 2 is 1.82 bits per heavy atom. The lowest BCUT2D eigenvalue weighted by Gasteiger charge is -2.24. The van der Waals surface area contributed by atoms with Crippen molar-refractivity contribution in [3.8, 4) is 0 Å². The van der Waals surface area contributed by atoms with Crippen molar-refractivity contribution in [2.24, 2.45) is 11.8 Å². The number of alkyl carbamates (subject to hydrolysis) is 1. The lowest BCUT2D eigenvalue weighted by molar-refractivity contribution is 0.0515. The summed E-state index contributed by atoms with van der Waals surface area (Å²) in [4.78, 5) is 11.7. The van der Waals surface area contributed by atoms with Gasteiger partial charge in [0.25, 0.3) is 0 Å². The first kappa shape index (κ1) is 21.2. The van der Waals surface area contributed by atoms with Crippen LogP contribution >= 0.6 is 0 Å². The van der Waals surface area contributed by atoms with Crippen LogP contribution in [0.2, 0.25) is 0 Å². The van der Waals surface area contributed by atoms with Gasteiger partial charge in [0, 0.05) is 19.8 Å². The van der Waals surface area contributed by atoms with Gasteiger partial charge in [0.15, 0.2) is 0 Å². The van der Waals surface area contributed by atoms with Crippen LogP contribution in [0.4, 0.5) is 4.79 Å². The molecule has 1 unspecified atom stereocenters. The fraction of sp³-hybridized carbons (Fsp3) is 0.941. The highest BCUT2D eigenvalue weighted by atomic mass is 16.6. The number of hydrogen-bond donors (Lipinski definition) is 2. The normalized spacial score (nSPS) is 13.2. The Morgan fingerprint density at radius 3 is 2.36 bits per heavy atom. The Balaban J connectivity index is 3.85. The molecule has 0 fully saturated rings. The summed E-state index contributed by atoms with van der Waals surface area (Å²) in [6.45, 7) is 16.2. The van der Waals surface area contributed by atoms with Crippen molar-refractivity contribution in [1.82, 2.24) is 10.6 Å². The van der Waals surface area contributed by atoms with Crippen LogP contribution in [-0.4, -0.2) is 44.5 Å². The van der Waals surface area contributed by atoms with Gasteiger partial charge in [0.1, 0.15) is 5.60 Å². The monoisotopic (exact) mass is 316 g/mol. The molecule has 2 N–H and O–H groups in total. The summed E-state index contributed by atoms with van der Waals surface area (Å²) in [6, 6.07) is 0. The van der Waals surface area contributed by atoms with E-state index in [0.717, 1.165) is 39.1 Å². The number of ether oxygens (including phenoxy) is 2. The van der Waals surface area contributed by atoms with Crippen molar-refractivity contribution in [3.63, 3.8) is 0 Å². The molecular weight excluding hydrogens is 280 g/mol. The average Bonchev–Trinajstić information content (AvgIpc) is 2.38. The molecule has 5 nitrogen and oxygen atoms in total. The smallest absolute Gasteiger partial charge is 0.407 e. The van der Waals surface area contributed by atoms with Gasteiger partial charge in [-0.25, -0.2) is 4.79 Å². The zero-order chi connectivity index (χ0) is 17.0. The van der Waals surface area contributed by atoms with Crippen molar-refractivity contribution >= 4 is 6.09 Å². The second-order valence-electron chi connectivity index (χ2n) is 7.06. The van der Waals surface area contributed by atoms with Crippen molar-refractivity contribution in [1.29, 1.82) is 0 Å². The van der Waals surface area contributed by atoms with Gasteiger partial charge in [-0.1, -0.05) is 20.8 Å². The van der Waals surface area contributed by atoms with Crippen LogP contribution in [0.3, 0.4) is 0 Å². The molecular formula is C17H36N2O3. The molecule has 22 heavy (non-hydrogen) atoms. The molecule has 0 aliphatic rings. The van der Waals surface area contributed by atoms with Crippen LogP contribution in [0.25, 0.3) is 0 Å².